The summed E-state index contributed by atoms with van der Waals surface area (Å²) in [5.41, 5.74) is 0.427. The summed E-state index contributed by atoms with van der Waals surface area (Å²) in [5, 5.41) is 9.13. The van der Waals surface area contributed by atoms with Gasteiger partial charge in [-0.25, -0.2) is 0 Å². The molecular weight excluding hydrogens is 208 g/mol. The molecule has 1 aromatic rings. The Bertz CT molecular complexity index is 471. The molecule has 86 valence electrons. The molecule has 1 aliphatic heterocycles. The van der Waals surface area contributed by atoms with Crippen molar-refractivity contribution in [3.05, 3.63) is 28.4 Å². The van der Waals surface area contributed by atoms with Gasteiger partial charge in [0.2, 0.25) is 0 Å². The van der Waals surface area contributed by atoms with E-state index in [2.05, 4.69) is 4.98 Å². The van der Waals surface area contributed by atoms with Gasteiger partial charge in [-0.1, -0.05) is 0 Å². The third kappa shape index (κ3) is 1.39. The van der Waals surface area contributed by atoms with E-state index >= 15 is 0 Å². The Labute approximate surface area is 92.7 Å². The van der Waals surface area contributed by atoms with E-state index < -0.39 is 0 Å². The first kappa shape index (κ1) is 9.99. The maximum Gasteiger partial charge on any atom is 0.275 e. The first-order valence-electron chi connectivity index (χ1n) is 5.51. The lowest BCUT2D eigenvalue weighted by Gasteiger charge is -2.19. The molecule has 1 aromatic heterocycles. The Kier molecular flexibility index (Phi) is 2.12. The van der Waals surface area contributed by atoms with E-state index in [1.807, 2.05) is 4.57 Å². The van der Waals surface area contributed by atoms with Crippen molar-refractivity contribution in [2.24, 2.45) is 11.8 Å². The fraction of sp³-hybridized carbons (Fsp3) is 0.636. The van der Waals surface area contributed by atoms with Crippen molar-refractivity contribution in [2.45, 2.75) is 25.7 Å². The van der Waals surface area contributed by atoms with Gasteiger partial charge in [0, 0.05) is 17.7 Å². The molecule has 2 aliphatic rings. The highest BCUT2D eigenvalue weighted by atomic mass is 16.5. The van der Waals surface area contributed by atoms with Crippen LogP contribution in [-0.4, -0.2) is 27.4 Å². The van der Waals surface area contributed by atoms with Crippen LogP contribution in [0.2, 0.25) is 0 Å². The molecule has 2 fully saturated rings. The molecule has 0 aromatic carbocycles. The van der Waals surface area contributed by atoms with Crippen molar-refractivity contribution in [1.82, 2.24) is 9.55 Å². The van der Waals surface area contributed by atoms with E-state index in [1.165, 1.54) is 6.33 Å². The van der Waals surface area contributed by atoms with Crippen molar-refractivity contribution in [1.29, 1.82) is 0 Å². The first-order chi connectivity index (χ1) is 7.70. The summed E-state index contributed by atoms with van der Waals surface area (Å²) in [4.78, 5) is 15.0. The van der Waals surface area contributed by atoms with E-state index in [1.54, 1.807) is 13.1 Å². The Morgan fingerprint density at radius 1 is 1.62 bits per heavy atom. The lowest BCUT2D eigenvalue weighted by Crippen LogP contribution is -2.22. The van der Waals surface area contributed by atoms with Crippen LogP contribution in [-0.2, 0) is 4.74 Å². The molecule has 1 aliphatic carbocycles. The summed E-state index contributed by atoms with van der Waals surface area (Å²) < 4.78 is 7.57. The largest absolute Gasteiger partial charge is 0.394 e. The zero-order valence-corrected chi connectivity index (χ0v) is 9.04. The van der Waals surface area contributed by atoms with Crippen LogP contribution in [0.1, 0.15) is 18.2 Å². The summed E-state index contributed by atoms with van der Waals surface area (Å²) in [6.45, 7) is 1.82. The van der Waals surface area contributed by atoms with Crippen molar-refractivity contribution < 1.29 is 9.84 Å². The van der Waals surface area contributed by atoms with Gasteiger partial charge in [-0.2, -0.15) is 4.98 Å². The van der Waals surface area contributed by atoms with Crippen LogP contribution in [0, 0.1) is 18.8 Å². The number of ether oxygens (including phenoxy) is 1. The van der Waals surface area contributed by atoms with Gasteiger partial charge in [0.25, 0.3) is 5.56 Å². The number of rotatable bonds is 2. The van der Waals surface area contributed by atoms with E-state index in [0.29, 0.717) is 17.4 Å². The minimum absolute atomic E-state index is 0.0465. The van der Waals surface area contributed by atoms with Gasteiger partial charge >= 0.3 is 0 Å². The summed E-state index contributed by atoms with van der Waals surface area (Å²) in [7, 11) is 0. The molecule has 0 radical (unpaired) electrons. The van der Waals surface area contributed by atoms with Crippen molar-refractivity contribution in [2.75, 3.05) is 6.61 Å². The molecule has 0 amide bonds. The number of aromatic nitrogens is 2. The molecule has 1 N–H and O–H groups in total. The third-order valence-electron chi connectivity index (χ3n) is 3.51. The Hall–Kier alpha value is -1.20. The van der Waals surface area contributed by atoms with Crippen molar-refractivity contribution >= 4 is 0 Å². The number of aliphatic hydroxyl groups is 1. The quantitative estimate of drug-likeness (QED) is 0.769. The summed E-state index contributed by atoms with van der Waals surface area (Å²) in [5.74, 6) is 0.954. The van der Waals surface area contributed by atoms with Crippen LogP contribution in [0.5, 0.6) is 0 Å². The lowest BCUT2D eigenvalue weighted by molar-refractivity contribution is -0.0502. The van der Waals surface area contributed by atoms with Gasteiger partial charge in [-0.05, 0) is 19.3 Å². The predicted octanol–water partition coefficient (Wildman–Crippen LogP) is 0.0775. The Morgan fingerprint density at radius 2 is 2.44 bits per heavy atom. The van der Waals surface area contributed by atoms with Crippen molar-refractivity contribution in [3.63, 3.8) is 0 Å². The molecule has 3 rings (SSSR count). The molecule has 1 saturated carbocycles. The van der Waals surface area contributed by atoms with E-state index in [4.69, 9.17) is 9.84 Å². The monoisotopic (exact) mass is 222 g/mol. The minimum atomic E-state index is -0.194. The van der Waals surface area contributed by atoms with Crippen LogP contribution in [0.15, 0.2) is 17.3 Å². The number of aliphatic hydroxyl groups excluding tert-OH is 1. The van der Waals surface area contributed by atoms with Gasteiger partial charge in [-0.3, -0.25) is 4.79 Å². The van der Waals surface area contributed by atoms with E-state index in [-0.39, 0.29) is 24.5 Å². The Morgan fingerprint density at radius 3 is 3.06 bits per heavy atom. The number of fused-ring (bicyclic) bond motifs is 1. The molecule has 5 heteroatoms. The normalized spacial score (nSPS) is 36.1. The lowest BCUT2D eigenvalue weighted by atomic mass is 10.2. The smallest absolute Gasteiger partial charge is 0.275 e. The predicted molar refractivity (Wildman–Crippen MR) is 55.8 cm³/mol. The highest BCUT2D eigenvalue weighted by molar-refractivity contribution is 5.06. The maximum atomic E-state index is 11.2. The summed E-state index contributed by atoms with van der Waals surface area (Å²) in [6, 6.07) is 0. The molecule has 5 nitrogen and oxygen atoms in total. The second-order valence-corrected chi connectivity index (χ2v) is 4.62. The van der Waals surface area contributed by atoms with Gasteiger partial charge < -0.3 is 14.4 Å². The van der Waals surface area contributed by atoms with Crippen LogP contribution in [0.4, 0.5) is 0 Å². The fourth-order valence-corrected chi connectivity index (χ4v) is 2.51. The molecule has 2 heterocycles. The highest BCUT2D eigenvalue weighted by Gasteiger charge is 2.55. The second-order valence-electron chi connectivity index (χ2n) is 4.62. The Balaban J connectivity index is 1.88. The summed E-state index contributed by atoms with van der Waals surface area (Å²) in [6.07, 6.45) is 4.29. The zero-order valence-electron chi connectivity index (χ0n) is 9.04. The maximum absolute atomic E-state index is 11.2. The standard InChI is InChI=1S/C11H14N2O3/c1-6-3-13(5-12-10(6)15)11-8-2-7(8)9(4-14)16-11/h3,5,7-9,11,14H,2,4H2,1H3/t7-,8+,9+,11+/m0/s1. The molecule has 0 spiro atoms. The molecule has 4 atom stereocenters. The average Bonchev–Trinajstić information content (AvgIpc) is 2.98. The van der Waals surface area contributed by atoms with Crippen LogP contribution in [0.3, 0.4) is 0 Å². The van der Waals surface area contributed by atoms with Gasteiger partial charge in [0.1, 0.15) is 12.6 Å². The average molecular weight is 222 g/mol. The number of hydrogen-bond acceptors (Lipinski definition) is 4. The molecule has 0 unspecified atom stereocenters. The molecule has 1 saturated heterocycles. The van der Waals surface area contributed by atoms with E-state index in [9.17, 15) is 4.79 Å². The SMILES string of the molecule is Cc1cn([C@@H]2O[C@H](CO)[C@H]3C[C@H]32)cnc1=O. The number of aryl methyl sites for hydroxylation is 1. The second kappa shape index (κ2) is 3.40. The molecule has 0 bridgehead atoms. The third-order valence-corrected chi connectivity index (χ3v) is 3.51. The summed E-state index contributed by atoms with van der Waals surface area (Å²) >= 11 is 0. The van der Waals surface area contributed by atoms with Gasteiger partial charge in [-0.15, -0.1) is 0 Å². The number of nitrogens with zero attached hydrogens (tertiary/aromatic N) is 2. The van der Waals surface area contributed by atoms with Crippen LogP contribution in [0.25, 0.3) is 0 Å². The van der Waals surface area contributed by atoms with Crippen LogP contribution < -0.4 is 5.56 Å². The van der Waals surface area contributed by atoms with Crippen LogP contribution >= 0.6 is 0 Å². The first-order valence-corrected chi connectivity index (χ1v) is 5.51. The topological polar surface area (TPSA) is 64.3 Å². The molecule has 16 heavy (non-hydrogen) atoms. The molecular formula is C11H14N2O3. The minimum Gasteiger partial charge on any atom is -0.394 e. The van der Waals surface area contributed by atoms with Gasteiger partial charge in [0.05, 0.1) is 12.7 Å². The van der Waals surface area contributed by atoms with Crippen molar-refractivity contribution in [3.8, 4) is 0 Å². The number of hydrogen-bond donors (Lipinski definition) is 1. The van der Waals surface area contributed by atoms with E-state index in [0.717, 1.165) is 6.42 Å². The fourth-order valence-electron chi connectivity index (χ4n) is 2.51. The van der Waals surface area contributed by atoms with Gasteiger partial charge in [0.15, 0.2) is 0 Å². The zero-order chi connectivity index (χ0) is 11.3. The highest BCUT2D eigenvalue weighted by Crippen LogP contribution is 2.56.